The van der Waals surface area contributed by atoms with E-state index in [0.29, 0.717) is 12.3 Å². The molecule has 20 heavy (non-hydrogen) atoms. The summed E-state index contributed by atoms with van der Waals surface area (Å²) in [6, 6.07) is -0.299. The van der Waals surface area contributed by atoms with Gasteiger partial charge in [0.25, 0.3) is 0 Å². The molecule has 0 saturated heterocycles. The highest BCUT2D eigenvalue weighted by molar-refractivity contribution is 5.87. The van der Waals surface area contributed by atoms with Crippen molar-refractivity contribution in [1.82, 2.24) is 5.32 Å². The number of rotatable bonds is 12. The lowest BCUT2D eigenvalue weighted by molar-refractivity contribution is -0.127. The minimum absolute atomic E-state index is 0.0272. The molecular weight excluding hydrogens is 250 g/mol. The highest BCUT2D eigenvalue weighted by atomic mass is 16.2. The van der Waals surface area contributed by atoms with Crippen LogP contribution in [0.2, 0.25) is 0 Å². The van der Waals surface area contributed by atoms with E-state index in [1.807, 2.05) is 0 Å². The number of unbranched alkanes of at least 4 members (excludes halogenated alkanes) is 6. The van der Waals surface area contributed by atoms with Crippen LogP contribution in [0.1, 0.15) is 85.5 Å². The van der Waals surface area contributed by atoms with Gasteiger partial charge in [-0.3, -0.25) is 9.59 Å². The minimum Gasteiger partial charge on any atom is -0.346 e. The summed E-state index contributed by atoms with van der Waals surface area (Å²) in [5, 5.41) is 2.87. The molecule has 1 N–H and O–H groups in total. The Labute approximate surface area is 124 Å². The van der Waals surface area contributed by atoms with E-state index in [1.165, 1.54) is 32.1 Å². The first-order valence-electron chi connectivity index (χ1n) is 8.27. The number of carbonyl (C=O) groups is 2. The Morgan fingerprint density at radius 2 is 1.50 bits per heavy atom. The number of hydrogen-bond donors (Lipinski definition) is 1. The second-order valence-corrected chi connectivity index (χ2v) is 6.23. The van der Waals surface area contributed by atoms with Crippen LogP contribution in [-0.4, -0.2) is 17.7 Å². The monoisotopic (exact) mass is 283 g/mol. The average Bonchev–Trinajstić information content (AvgIpc) is 2.36. The highest BCUT2D eigenvalue weighted by Gasteiger charge is 2.17. The summed E-state index contributed by atoms with van der Waals surface area (Å²) in [6.07, 6.45) is 9.72. The average molecular weight is 283 g/mol. The molecule has 1 atom stereocenters. The molecule has 0 fully saturated rings. The molecule has 0 aromatic carbocycles. The summed E-state index contributed by atoms with van der Waals surface area (Å²) in [7, 11) is 0. The molecule has 118 valence electrons. The van der Waals surface area contributed by atoms with Gasteiger partial charge >= 0.3 is 0 Å². The second-order valence-electron chi connectivity index (χ2n) is 6.23. The third kappa shape index (κ3) is 11.0. The molecule has 0 aromatic heterocycles. The molecule has 0 aliphatic carbocycles. The van der Waals surface area contributed by atoms with Crippen LogP contribution in [-0.2, 0) is 9.59 Å². The van der Waals surface area contributed by atoms with Crippen molar-refractivity contribution in [2.24, 2.45) is 5.92 Å². The maximum Gasteiger partial charge on any atom is 0.220 e. The highest BCUT2D eigenvalue weighted by Crippen LogP contribution is 2.09. The SMILES string of the molecule is CCCCCCCCCC(=O)N[C@@H](CC(C)C)C(C)=O. The van der Waals surface area contributed by atoms with Gasteiger partial charge in [0.05, 0.1) is 6.04 Å². The van der Waals surface area contributed by atoms with Gasteiger partial charge in [-0.15, -0.1) is 0 Å². The maximum atomic E-state index is 11.8. The number of nitrogens with one attached hydrogen (secondary N) is 1. The predicted molar refractivity (Wildman–Crippen MR) is 84.7 cm³/mol. The summed E-state index contributed by atoms with van der Waals surface area (Å²) >= 11 is 0. The van der Waals surface area contributed by atoms with Crippen LogP contribution in [0, 0.1) is 5.92 Å². The van der Waals surface area contributed by atoms with E-state index in [9.17, 15) is 9.59 Å². The van der Waals surface area contributed by atoms with Crippen molar-refractivity contribution >= 4 is 11.7 Å². The Kier molecular flexibility index (Phi) is 11.4. The fraction of sp³-hybridized carbons (Fsp3) is 0.882. The van der Waals surface area contributed by atoms with Crippen LogP contribution >= 0.6 is 0 Å². The van der Waals surface area contributed by atoms with Gasteiger partial charge in [-0.05, 0) is 25.7 Å². The van der Waals surface area contributed by atoms with Crippen molar-refractivity contribution in [2.75, 3.05) is 0 Å². The Morgan fingerprint density at radius 3 is 2.00 bits per heavy atom. The zero-order valence-corrected chi connectivity index (χ0v) is 13.8. The number of carbonyl (C=O) groups excluding carboxylic acids is 2. The topological polar surface area (TPSA) is 46.2 Å². The van der Waals surface area contributed by atoms with Crippen LogP contribution in [0.5, 0.6) is 0 Å². The smallest absolute Gasteiger partial charge is 0.220 e. The van der Waals surface area contributed by atoms with Crippen LogP contribution in [0.15, 0.2) is 0 Å². The van der Waals surface area contributed by atoms with Crippen LogP contribution in [0.3, 0.4) is 0 Å². The molecule has 3 nitrogen and oxygen atoms in total. The zero-order chi connectivity index (χ0) is 15.4. The van der Waals surface area contributed by atoms with Gasteiger partial charge in [0.2, 0.25) is 5.91 Å². The summed E-state index contributed by atoms with van der Waals surface area (Å²) < 4.78 is 0. The fourth-order valence-electron chi connectivity index (χ4n) is 2.31. The standard InChI is InChI=1S/C17H33NO2/c1-5-6-7-8-9-10-11-12-17(20)18-16(15(4)19)13-14(2)3/h14,16H,5-13H2,1-4H3,(H,18,20)/t16-/m0/s1. The third-order valence-electron chi connectivity index (χ3n) is 3.54. The van der Waals surface area contributed by atoms with Crippen LogP contribution in [0.4, 0.5) is 0 Å². The van der Waals surface area contributed by atoms with E-state index >= 15 is 0 Å². The van der Waals surface area contributed by atoms with Crippen molar-refractivity contribution in [3.05, 3.63) is 0 Å². The molecule has 0 unspecified atom stereocenters. The molecule has 1 amide bonds. The summed E-state index contributed by atoms with van der Waals surface area (Å²) in [5.41, 5.74) is 0. The molecular formula is C17H33NO2. The van der Waals surface area contributed by atoms with Crippen molar-refractivity contribution < 1.29 is 9.59 Å². The van der Waals surface area contributed by atoms with Gasteiger partial charge < -0.3 is 5.32 Å². The van der Waals surface area contributed by atoms with Gasteiger partial charge in [-0.25, -0.2) is 0 Å². The van der Waals surface area contributed by atoms with Crippen molar-refractivity contribution in [1.29, 1.82) is 0 Å². The largest absolute Gasteiger partial charge is 0.346 e. The number of Topliss-reactive ketones (excluding diaryl/α,β-unsaturated/α-hetero) is 1. The first-order chi connectivity index (χ1) is 9.47. The van der Waals surface area contributed by atoms with E-state index in [0.717, 1.165) is 19.3 Å². The third-order valence-corrected chi connectivity index (χ3v) is 3.54. The van der Waals surface area contributed by atoms with E-state index < -0.39 is 0 Å². The summed E-state index contributed by atoms with van der Waals surface area (Å²) in [5.74, 6) is 0.508. The summed E-state index contributed by atoms with van der Waals surface area (Å²) in [4.78, 5) is 23.3. The first kappa shape index (κ1) is 19.1. The van der Waals surface area contributed by atoms with Gasteiger partial charge in [0.1, 0.15) is 0 Å². The molecule has 0 aromatic rings. The molecule has 0 bridgehead atoms. The maximum absolute atomic E-state index is 11.8. The van der Waals surface area contributed by atoms with E-state index in [1.54, 1.807) is 6.92 Å². The van der Waals surface area contributed by atoms with Gasteiger partial charge in [0.15, 0.2) is 5.78 Å². The lowest BCUT2D eigenvalue weighted by Gasteiger charge is -2.17. The normalized spacial score (nSPS) is 12.4. The van der Waals surface area contributed by atoms with Gasteiger partial charge in [0, 0.05) is 6.42 Å². The quantitative estimate of drug-likeness (QED) is 0.544. The Morgan fingerprint density at radius 1 is 0.950 bits per heavy atom. The van der Waals surface area contributed by atoms with Crippen molar-refractivity contribution in [3.63, 3.8) is 0 Å². The Hall–Kier alpha value is -0.860. The Balaban J connectivity index is 3.72. The van der Waals surface area contributed by atoms with E-state index in [2.05, 4.69) is 26.1 Å². The predicted octanol–water partition coefficient (Wildman–Crippen LogP) is 4.25. The first-order valence-corrected chi connectivity index (χ1v) is 8.27. The van der Waals surface area contributed by atoms with Gasteiger partial charge in [-0.1, -0.05) is 59.3 Å². The number of hydrogen-bond acceptors (Lipinski definition) is 2. The van der Waals surface area contributed by atoms with Crippen LogP contribution in [0.25, 0.3) is 0 Å². The number of ketones is 1. The molecule has 0 radical (unpaired) electrons. The van der Waals surface area contributed by atoms with Crippen molar-refractivity contribution in [3.8, 4) is 0 Å². The van der Waals surface area contributed by atoms with Crippen molar-refractivity contribution in [2.45, 2.75) is 91.5 Å². The van der Waals surface area contributed by atoms with E-state index in [-0.39, 0.29) is 17.7 Å². The molecule has 3 heteroatoms. The molecule has 0 aliphatic rings. The minimum atomic E-state index is -0.299. The van der Waals surface area contributed by atoms with Gasteiger partial charge in [-0.2, -0.15) is 0 Å². The molecule has 0 saturated carbocycles. The second kappa shape index (κ2) is 11.9. The Bertz CT molecular complexity index is 274. The molecule has 0 heterocycles. The molecule has 0 aliphatic heterocycles. The lowest BCUT2D eigenvalue weighted by Crippen LogP contribution is -2.40. The molecule has 0 spiro atoms. The fourth-order valence-corrected chi connectivity index (χ4v) is 2.31. The zero-order valence-electron chi connectivity index (χ0n) is 13.8. The lowest BCUT2D eigenvalue weighted by atomic mass is 10.0. The summed E-state index contributed by atoms with van der Waals surface area (Å²) in [6.45, 7) is 7.91. The molecule has 0 rings (SSSR count). The number of amides is 1. The van der Waals surface area contributed by atoms with E-state index in [4.69, 9.17) is 0 Å². The van der Waals surface area contributed by atoms with Crippen LogP contribution < -0.4 is 5.32 Å².